The van der Waals surface area contributed by atoms with Gasteiger partial charge in [-0.1, -0.05) is 11.6 Å². The molecule has 1 amide bonds. The summed E-state index contributed by atoms with van der Waals surface area (Å²) in [4.78, 5) is 23.8. The number of carbonyl (C=O) groups excluding carboxylic acids is 1. The number of carbonyl (C=O) groups is 1. The Kier molecular flexibility index (Phi) is 6.35. The number of benzene rings is 1. The van der Waals surface area contributed by atoms with Crippen molar-refractivity contribution in [3.63, 3.8) is 0 Å². The van der Waals surface area contributed by atoms with E-state index >= 15 is 0 Å². The van der Waals surface area contributed by atoms with E-state index in [0.717, 1.165) is 0 Å². The zero-order valence-electron chi connectivity index (χ0n) is 18.1. The number of halogens is 2. The Balaban J connectivity index is 1.54. The highest BCUT2D eigenvalue weighted by Crippen LogP contribution is 2.31. The molecule has 7 nitrogen and oxygen atoms in total. The Labute approximate surface area is 191 Å². The second kappa shape index (κ2) is 9.03. The Morgan fingerprint density at radius 2 is 1.84 bits per heavy atom. The normalized spacial score (nSPS) is 21.2. The first kappa shape index (κ1) is 22.5. The van der Waals surface area contributed by atoms with Crippen LogP contribution in [-0.2, 0) is 0 Å². The molecule has 0 saturated heterocycles. The van der Waals surface area contributed by atoms with Crippen molar-refractivity contribution in [3.8, 4) is 5.75 Å². The minimum absolute atomic E-state index is 0.169. The van der Waals surface area contributed by atoms with Crippen LogP contribution in [0.15, 0.2) is 23.9 Å². The number of hydrogen-bond donors (Lipinski definition) is 2. The van der Waals surface area contributed by atoms with Gasteiger partial charge >= 0.3 is 0 Å². The predicted molar refractivity (Wildman–Crippen MR) is 119 cm³/mol. The molecule has 2 heterocycles. The number of nitrogens with two attached hydrogens (primary N) is 1. The Morgan fingerprint density at radius 3 is 2.50 bits per heavy atom. The molecular weight excluding hydrogens is 435 g/mol. The van der Waals surface area contributed by atoms with Crippen LogP contribution in [0.3, 0.4) is 0 Å². The van der Waals surface area contributed by atoms with Crippen LogP contribution in [0, 0.1) is 19.7 Å². The summed E-state index contributed by atoms with van der Waals surface area (Å²) < 4.78 is 20.0. The zero-order valence-corrected chi connectivity index (χ0v) is 18.8. The molecule has 1 aliphatic carbocycles. The summed E-state index contributed by atoms with van der Waals surface area (Å²) in [7, 11) is 0. The van der Waals surface area contributed by atoms with Gasteiger partial charge in [0.25, 0.3) is 5.91 Å². The van der Waals surface area contributed by atoms with Crippen molar-refractivity contribution in [2.45, 2.75) is 51.7 Å². The predicted octanol–water partition coefficient (Wildman–Crippen LogP) is 3.39. The summed E-state index contributed by atoms with van der Waals surface area (Å²) in [5.74, 6) is -0.129. The number of aliphatic hydroxyl groups excluding tert-OH is 1. The standard InChI is InChI=1S/C23H26ClFN4O3/c1-12-21(24)13(2)28-22(27-12)18-10-29(11-19(18)26)23(31)17-8-3-14(25)9-20(17)32-16-6-4-15(30)5-7-16/h3,8-9,15-16,30H,4-7,10-11,26H2,1-2H3. The molecule has 1 aliphatic heterocycles. The number of aliphatic hydroxyl groups is 1. The first-order valence-corrected chi connectivity index (χ1v) is 11.0. The number of nitrogens with zero attached hydrogens (tertiary/aromatic N) is 3. The van der Waals surface area contributed by atoms with Crippen molar-refractivity contribution in [2.75, 3.05) is 13.1 Å². The molecule has 170 valence electrons. The van der Waals surface area contributed by atoms with Gasteiger partial charge in [-0.15, -0.1) is 0 Å². The first-order valence-electron chi connectivity index (χ1n) is 10.6. The van der Waals surface area contributed by atoms with Gasteiger partial charge < -0.3 is 20.5 Å². The maximum absolute atomic E-state index is 14.0. The summed E-state index contributed by atoms with van der Waals surface area (Å²) in [5, 5.41) is 10.2. The second-order valence-corrected chi connectivity index (χ2v) is 8.76. The minimum atomic E-state index is -0.479. The van der Waals surface area contributed by atoms with E-state index in [1.165, 1.54) is 18.2 Å². The summed E-state index contributed by atoms with van der Waals surface area (Å²) in [6.45, 7) is 4.03. The molecule has 3 N–H and O–H groups in total. The van der Waals surface area contributed by atoms with Gasteiger partial charge in [0.15, 0.2) is 5.82 Å². The molecule has 1 aromatic heterocycles. The van der Waals surface area contributed by atoms with Crippen molar-refractivity contribution in [1.29, 1.82) is 0 Å². The maximum atomic E-state index is 14.0. The van der Waals surface area contributed by atoms with Gasteiger partial charge in [0.1, 0.15) is 11.6 Å². The van der Waals surface area contributed by atoms with Crippen LogP contribution in [0.2, 0.25) is 5.02 Å². The van der Waals surface area contributed by atoms with Crippen LogP contribution in [-0.4, -0.2) is 51.2 Å². The van der Waals surface area contributed by atoms with E-state index in [2.05, 4.69) is 9.97 Å². The lowest BCUT2D eigenvalue weighted by atomic mass is 9.95. The summed E-state index contributed by atoms with van der Waals surface area (Å²) >= 11 is 6.17. The maximum Gasteiger partial charge on any atom is 0.258 e. The largest absolute Gasteiger partial charge is 0.489 e. The van der Waals surface area contributed by atoms with Crippen LogP contribution in [0.25, 0.3) is 5.57 Å². The number of amides is 1. The van der Waals surface area contributed by atoms with Crippen molar-refractivity contribution in [3.05, 3.63) is 57.5 Å². The van der Waals surface area contributed by atoms with Gasteiger partial charge in [-0.25, -0.2) is 14.4 Å². The molecule has 0 bridgehead atoms. The van der Waals surface area contributed by atoms with Crippen LogP contribution in [0.5, 0.6) is 5.75 Å². The number of ether oxygens (including phenoxy) is 1. The van der Waals surface area contributed by atoms with E-state index < -0.39 is 5.82 Å². The molecule has 4 rings (SSSR count). The van der Waals surface area contributed by atoms with Crippen LogP contribution in [0.4, 0.5) is 4.39 Å². The molecule has 32 heavy (non-hydrogen) atoms. The lowest BCUT2D eigenvalue weighted by Gasteiger charge is -2.27. The Morgan fingerprint density at radius 1 is 1.19 bits per heavy atom. The van der Waals surface area contributed by atoms with Crippen LogP contribution in [0.1, 0.15) is 53.3 Å². The number of aryl methyl sites for hydroxylation is 2. The molecule has 1 fully saturated rings. The van der Waals surface area contributed by atoms with Crippen molar-refractivity contribution in [1.82, 2.24) is 14.9 Å². The number of aromatic nitrogens is 2. The molecule has 0 spiro atoms. The molecule has 1 aromatic carbocycles. The molecule has 2 aromatic rings. The molecule has 0 unspecified atom stereocenters. The number of hydrogen-bond acceptors (Lipinski definition) is 6. The first-order chi connectivity index (χ1) is 15.2. The monoisotopic (exact) mass is 460 g/mol. The third-order valence-corrected chi connectivity index (χ3v) is 6.50. The topological polar surface area (TPSA) is 102 Å². The quantitative estimate of drug-likeness (QED) is 0.725. The van der Waals surface area contributed by atoms with Gasteiger partial charge in [0.2, 0.25) is 0 Å². The van der Waals surface area contributed by atoms with Gasteiger partial charge in [-0.3, -0.25) is 4.79 Å². The molecule has 0 atom stereocenters. The van der Waals surface area contributed by atoms with Gasteiger partial charge in [0.05, 0.1) is 47.3 Å². The summed E-state index contributed by atoms with van der Waals surface area (Å²) in [5.41, 5.74) is 8.98. The molecular formula is C23H26ClFN4O3. The Hall–Kier alpha value is -2.71. The van der Waals surface area contributed by atoms with E-state index in [1.54, 1.807) is 18.7 Å². The summed E-state index contributed by atoms with van der Waals surface area (Å²) in [6.07, 6.45) is 2.05. The van der Waals surface area contributed by atoms with Crippen LogP contribution < -0.4 is 10.5 Å². The highest BCUT2D eigenvalue weighted by Gasteiger charge is 2.30. The fraction of sp³-hybridized carbons (Fsp3) is 0.435. The van der Waals surface area contributed by atoms with E-state index in [4.69, 9.17) is 22.1 Å². The average molecular weight is 461 g/mol. The van der Waals surface area contributed by atoms with Gasteiger partial charge in [0, 0.05) is 17.3 Å². The lowest BCUT2D eigenvalue weighted by molar-refractivity contribution is 0.0639. The van der Waals surface area contributed by atoms with E-state index in [0.29, 0.717) is 59.2 Å². The third-order valence-electron chi connectivity index (χ3n) is 5.95. The van der Waals surface area contributed by atoms with E-state index in [1.807, 2.05) is 0 Å². The highest BCUT2D eigenvalue weighted by molar-refractivity contribution is 6.31. The zero-order chi connectivity index (χ0) is 23.0. The number of rotatable bonds is 4. The second-order valence-electron chi connectivity index (χ2n) is 8.39. The minimum Gasteiger partial charge on any atom is -0.489 e. The third kappa shape index (κ3) is 4.56. The van der Waals surface area contributed by atoms with Crippen LogP contribution >= 0.6 is 11.6 Å². The van der Waals surface area contributed by atoms with Crippen molar-refractivity contribution in [2.24, 2.45) is 5.73 Å². The summed E-state index contributed by atoms with van der Waals surface area (Å²) in [6, 6.07) is 3.92. The molecule has 9 heteroatoms. The lowest BCUT2D eigenvalue weighted by Crippen LogP contribution is -2.32. The molecule has 0 radical (unpaired) electrons. The smallest absolute Gasteiger partial charge is 0.258 e. The SMILES string of the molecule is Cc1nc(C2=C(N)CN(C(=O)c3ccc(F)cc3OC3CCC(O)CC3)C2)nc(C)c1Cl. The molecule has 1 saturated carbocycles. The highest BCUT2D eigenvalue weighted by atomic mass is 35.5. The van der Waals surface area contributed by atoms with E-state index in [-0.39, 0.29) is 42.5 Å². The van der Waals surface area contributed by atoms with Gasteiger partial charge in [-0.05, 0) is 51.7 Å². The molecule has 2 aliphatic rings. The van der Waals surface area contributed by atoms with E-state index in [9.17, 15) is 14.3 Å². The fourth-order valence-electron chi connectivity index (χ4n) is 4.13. The Bertz CT molecular complexity index is 1060. The van der Waals surface area contributed by atoms with Gasteiger partial charge in [-0.2, -0.15) is 0 Å². The fourth-order valence-corrected chi connectivity index (χ4v) is 4.21. The average Bonchev–Trinajstić information content (AvgIpc) is 3.14. The van der Waals surface area contributed by atoms with Crippen molar-refractivity contribution < 1.29 is 19.0 Å². The van der Waals surface area contributed by atoms with Crippen molar-refractivity contribution >= 4 is 23.1 Å².